The number of benzene rings is 1. The number of hydrogen-bond acceptors (Lipinski definition) is 4. The van der Waals surface area contributed by atoms with E-state index in [1.807, 2.05) is 6.07 Å². The smallest absolute Gasteiger partial charge is 0.147 e. The molecule has 0 aliphatic carbocycles. The van der Waals surface area contributed by atoms with Crippen molar-refractivity contribution in [3.8, 4) is 0 Å². The summed E-state index contributed by atoms with van der Waals surface area (Å²) in [5, 5.41) is 1.02. The largest absolute Gasteiger partial charge is 0.271 e. The molecule has 1 atom stereocenters. The van der Waals surface area contributed by atoms with Gasteiger partial charge in [0.05, 0.1) is 10.0 Å². The normalized spacial score (nSPS) is 13.5. The highest BCUT2D eigenvalue weighted by Gasteiger charge is 2.11. The highest BCUT2D eigenvalue weighted by Crippen LogP contribution is 2.23. The topological polar surface area (TPSA) is 72.2 Å². The first-order chi connectivity index (χ1) is 8.81. The van der Waals surface area contributed by atoms with Gasteiger partial charge in [-0.05, 0) is 37.0 Å². The molecule has 7 heteroatoms. The lowest BCUT2D eigenvalue weighted by Crippen LogP contribution is -2.37. The number of hydrogen-bond donors (Lipinski definition) is 2. The first-order valence-corrected chi connectivity index (χ1v) is 8.71. The van der Waals surface area contributed by atoms with Crippen LogP contribution < -0.4 is 11.3 Å². The molecule has 1 aromatic rings. The molecule has 0 radical (unpaired) electrons. The van der Waals surface area contributed by atoms with Crippen LogP contribution in [0.1, 0.15) is 18.4 Å². The minimum atomic E-state index is -2.92. The second-order valence-electron chi connectivity index (χ2n) is 4.59. The van der Waals surface area contributed by atoms with Crippen molar-refractivity contribution < 1.29 is 8.42 Å². The SMILES string of the molecule is CS(=O)(=O)CCCC(Cc1ccc(Cl)c(Cl)c1)NN. The van der Waals surface area contributed by atoms with Crippen molar-refractivity contribution in [3.05, 3.63) is 33.8 Å². The van der Waals surface area contributed by atoms with E-state index in [-0.39, 0.29) is 11.8 Å². The molecule has 1 rings (SSSR count). The number of rotatable bonds is 7. The lowest BCUT2D eigenvalue weighted by atomic mass is 10.0. The Kier molecular flexibility index (Phi) is 6.56. The van der Waals surface area contributed by atoms with Crippen LogP contribution in [0.2, 0.25) is 10.0 Å². The Labute approximate surface area is 124 Å². The van der Waals surface area contributed by atoms with E-state index >= 15 is 0 Å². The summed E-state index contributed by atoms with van der Waals surface area (Å²) in [5.74, 6) is 5.65. The Balaban J connectivity index is 2.54. The Bertz CT molecular complexity index is 520. The van der Waals surface area contributed by atoms with E-state index < -0.39 is 9.84 Å². The van der Waals surface area contributed by atoms with Gasteiger partial charge in [-0.25, -0.2) is 8.42 Å². The molecule has 4 nitrogen and oxygen atoms in total. The van der Waals surface area contributed by atoms with E-state index in [9.17, 15) is 8.42 Å². The molecule has 108 valence electrons. The molecule has 0 aromatic heterocycles. The van der Waals surface area contributed by atoms with Crippen LogP contribution in [0.15, 0.2) is 18.2 Å². The van der Waals surface area contributed by atoms with Gasteiger partial charge in [0.2, 0.25) is 0 Å². The number of halogens is 2. The van der Waals surface area contributed by atoms with Crippen LogP contribution in [0.3, 0.4) is 0 Å². The van der Waals surface area contributed by atoms with E-state index in [1.54, 1.807) is 12.1 Å². The number of nitrogens with two attached hydrogens (primary N) is 1. The van der Waals surface area contributed by atoms with Crippen molar-refractivity contribution >= 4 is 33.0 Å². The lowest BCUT2D eigenvalue weighted by Gasteiger charge is -2.16. The second kappa shape index (κ2) is 7.45. The molecule has 0 bridgehead atoms. The van der Waals surface area contributed by atoms with Crippen molar-refractivity contribution in [1.29, 1.82) is 0 Å². The number of nitrogens with one attached hydrogen (secondary N) is 1. The maximum atomic E-state index is 11.1. The van der Waals surface area contributed by atoms with Crippen molar-refractivity contribution in [2.45, 2.75) is 25.3 Å². The molecule has 3 N–H and O–H groups in total. The predicted octanol–water partition coefficient (Wildman–Crippen LogP) is 2.19. The van der Waals surface area contributed by atoms with Crippen molar-refractivity contribution in [2.24, 2.45) is 5.84 Å². The fourth-order valence-electron chi connectivity index (χ4n) is 1.79. The average Bonchev–Trinajstić information content (AvgIpc) is 2.31. The molecule has 0 saturated carbocycles. The Morgan fingerprint density at radius 3 is 2.53 bits per heavy atom. The van der Waals surface area contributed by atoms with Gasteiger partial charge in [0.25, 0.3) is 0 Å². The summed E-state index contributed by atoms with van der Waals surface area (Å²) in [4.78, 5) is 0. The molecule has 0 heterocycles. The molecule has 19 heavy (non-hydrogen) atoms. The fraction of sp³-hybridized carbons (Fsp3) is 0.500. The monoisotopic (exact) mass is 324 g/mol. The first-order valence-electron chi connectivity index (χ1n) is 5.89. The van der Waals surface area contributed by atoms with Gasteiger partial charge in [-0.1, -0.05) is 29.3 Å². The summed E-state index contributed by atoms with van der Waals surface area (Å²) in [7, 11) is -2.92. The van der Waals surface area contributed by atoms with Gasteiger partial charge >= 0.3 is 0 Å². The minimum Gasteiger partial charge on any atom is -0.271 e. The quantitative estimate of drug-likeness (QED) is 0.595. The molecular formula is C12H18Cl2N2O2S. The average molecular weight is 325 g/mol. The van der Waals surface area contributed by atoms with Crippen LogP contribution in [0.5, 0.6) is 0 Å². The highest BCUT2D eigenvalue weighted by atomic mass is 35.5. The molecule has 0 spiro atoms. The van der Waals surface area contributed by atoms with Crippen LogP contribution in [-0.2, 0) is 16.3 Å². The first kappa shape index (κ1) is 16.7. The van der Waals surface area contributed by atoms with Crippen LogP contribution in [0, 0.1) is 0 Å². The van der Waals surface area contributed by atoms with Crippen molar-refractivity contribution in [1.82, 2.24) is 5.43 Å². The van der Waals surface area contributed by atoms with E-state index in [0.29, 0.717) is 29.3 Å². The van der Waals surface area contributed by atoms with E-state index in [0.717, 1.165) is 5.56 Å². The molecule has 0 fully saturated rings. The highest BCUT2D eigenvalue weighted by molar-refractivity contribution is 7.90. The van der Waals surface area contributed by atoms with Gasteiger partial charge in [-0.2, -0.15) is 0 Å². The molecule has 0 saturated heterocycles. The fourth-order valence-corrected chi connectivity index (χ4v) is 2.80. The van der Waals surface area contributed by atoms with Gasteiger partial charge in [-0.3, -0.25) is 11.3 Å². The molecule has 1 aromatic carbocycles. The van der Waals surface area contributed by atoms with Crippen LogP contribution in [-0.4, -0.2) is 26.5 Å². The molecule has 0 amide bonds. The van der Waals surface area contributed by atoms with Crippen LogP contribution in [0.25, 0.3) is 0 Å². The summed E-state index contributed by atoms with van der Waals surface area (Å²) in [6.45, 7) is 0. The summed E-state index contributed by atoms with van der Waals surface area (Å²) in [6.07, 6.45) is 3.17. The third kappa shape index (κ3) is 6.58. The Morgan fingerprint density at radius 2 is 2.00 bits per heavy atom. The van der Waals surface area contributed by atoms with E-state index in [1.165, 1.54) is 6.26 Å². The Morgan fingerprint density at radius 1 is 1.32 bits per heavy atom. The van der Waals surface area contributed by atoms with Gasteiger partial charge < -0.3 is 0 Å². The summed E-state index contributed by atoms with van der Waals surface area (Å²) >= 11 is 11.8. The van der Waals surface area contributed by atoms with Crippen molar-refractivity contribution in [3.63, 3.8) is 0 Å². The number of sulfone groups is 1. The van der Waals surface area contributed by atoms with Crippen LogP contribution >= 0.6 is 23.2 Å². The molecule has 0 aliphatic heterocycles. The third-order valence-corrected chi connectivity index (χ3v) is 4.54. The third-order valence-electron chi connectivity index (χ3n) is 2.77. The van der Waals surface area contributed by atoms with Gasteiger partial charge in [0.15, 0.2) is 0 Å². The predicted molar refractivity (Wildman–Crippen MR) is 80.2 cm³/mol. The summed E-state index contributed by atoms with van der Waals surface area (Å²) < 4.78 is 22.1. The molecule has 1 unspecified atom stereocenters. The minimum absolute atomic E-state index is 0.0130. The van der Waals surface area contributed by atoms with E-state index in [4.69, 9.17) is 29.0 Å². The van der Waals surface area contributed by atoms with Crippen LogP contribution in [0.4, 0.5) is 0 Å². The standard InChI is InChI=1S/C12H18Cl2N2O2S/c1-19(17,18)6-2-3-10(16-15)7-9-4-5-11(13)12(14)8-9/h4-5,8,10,16H,2-3,6-7,15H2,1H3. The van der Waals surface area contributed by atoms with E-state index in [2.05, 4.69) is 5.43 Å². The zero-order valence-corrected chi connectivity index (χ0v) is 13.0. The Hall–Kier alpha value is -0.330. The molecule has 0 aliphatic rings. The van der Waals surface area contributed by atoms with Gasteiger partial charge in [0, 0.05) is 18.1 Å². The van der Waals surface area contributed by atoms with Gasteiger partial charge in [0.1, 0.15) is 9.84 Å². The van der Waals surface area contributed by atoms with Crippen molar-refractivity contribution in [2.75, 3.05) is 12.0 Å². The molecular weight excluding hydrogens is 307 g/mol. The van der Waals surface area contributed by atoms with Gasteiger partial charge in [-0.15, -0.1) is 0 Å². The number of hydrazine groups is 1. The zero-order chi connectivity index (χ0) is 14.5. The summed E-state index contributed by atoms with van der Waals surface area (Å²) in [6, 6.07) is 5.43. The zero-order valence-electron chi connectivity index (χ0n) is 10.7. The maximum Gasteiger partial charge on any atom is 0.147 e. The lowest BCUT2D eigenvalue weighted by molar-refractivity contribution is 0.485. The maximum absolute atomic E-state index is 11.1. The second-order valence-corrected chi connectivity index (χ2v) is 7.66. The summed E-state index contributed by atoms with van der Waals surface area (Å²) in [5.41, 5.74) is 3.71.